The second-order valence-corrected chi connectivity index (χ2v) is 14.7. The van der Waals surface area contributed by atoms with E-state index in [1.54, 1.807) is 11.1 Å². The average Bonchev–Trinajstić information content (AvgIpc) is 2.94. The van der Waals surface area contributed by atoms with Crippen LogP contribution in [0.25, 0.3) is 0 Å². The molecule has 0 nitrogen and oxygen atoms in total. The second kappa shape index (κ2) is 6.86. The third kappa shape index (κ3) is 3.49. The highest BCUT2D eigenvalue weighted by Gasteiger charge is 2.62. The third-order valence-electron chi connectivity index (χ3n) is 9.70. The molecule has 6 unspecified atom stereocenters. The summed E-state index contributed by atoms with van der Waals surface area (Å²) >= 11 is 0. The summed E-state index contributed by atoms with van der Waals surface area (Å²) < 4.78 is 0. The molecule has 1 aromatic rings. The summed E-state index contributed by atoms with van der Waals surface area (Å²) in [5.74, 6) is 4.28. The fourth-order valence-corrected chi connectivity index (χ4v) is 8.54. The maximum atomic E-state index is 2.70. The lowest BCUT2D eigenvalue weighted by atomic mass is 9.51. The van der Waals surface area contributed by atoms with E-state index in [2.05, 4.69) is 87.4 Å². The predicted octanol–water partition coefficient (Wildman–Crippen LogP) is 8.77. The minimum atomic E-state index is 0.252. The fourth-order valence-electron chi connectivity index (χ4n) is 8.54. The van der Waals surface area contributed by atoms with Crippen molar-refractivity contribution >= 4 is 0 Å². The quantitative estimate of drug-likeness (QED) is 0.402. The molecule has 6 atom stereocenters. The zero-order valence-electron chi connectivity index (χ0n) is 21.7. The van der Waals surface area contributed by atoms with Crippen molar-refractivity contribution in [3.8, 4) is 0 Å². The van der Waals surface area contributed by atoms with E-state index in [1.807, 2.05) is 0 Å². The number of fused-ring (bicyclic) bond motifs is 5. The second-order valence-electron chi connectivity index (χ2n) is 14.7. The van der Waals surface area contributed by atoms with Crippen molar-refractivity contribution in [3.63, 3.8) is 0 Å². The van der Waals surface area contributed by atoms with Crippen LogP contribution in [0, 0.1) is 39.9 Å². The summed E-state index contributed by atoms with van der Waals surface area (Å²) in [6.07, 6.45) is 7.00. The Bertz CT molecular complexity index is 793. The molecule has 2 fully saturated rings. The Labute approximate surface area is 187 Å². The molecule has 3 aliphatic rings. The molecule has 0 spiro atoms. The molecule has 0 aromatic heterocycles. The minimum Gasteiger partial charge on any atom is -0.0599 e. The molecule has 0 aliphatic heterocycles. The Hall–Kier alpha value is -0.780. The molecular formula is C30H48. The monoisotopic (exact) mass is 408 g/mol. The van der Waals surface area contributed by atoms with Gasteiger partial charge in [-0.3, -0.25) is 0 Å². The van der Waals surface area contributed by atoms with Gasteiger partial charge in [-0.2, -0.15) is 0 Å². The smallest absolute Gasteiger partial charge is 0.0128 e. The zero-order chi connectivity index (χ0) is 22.3. The highest BCUT2D eigenvalue weighted by Crippen LogP contribution is 2.69. The topological polar surface area (TPSA) is 0 Å². The number of aryl methyl sites for hydroxylation is 1. The van der Waals surface area contributed by atoms with Gasteiger partial charge in [-0.25, -0.2) is 0 Å². The molecule has 0 bridgehead atoms. The van der Waals surface area contributed by atoms with Gasteiger partial charge in [0, 0.05) is 0 Å². The highest BCUT2D eigenvalue weighted by atomic mass is 14.7. The first-order valence-electron chi connectivity index (χ1n) is 12.8. The Balaban J connectivity index is 1.71. The van der Waals surface area contributed by atoms with E-state index in [-0.39, 0.29) is 5.41 Å². The van der Waals surface area contributed by atoms with Crippen molar-refractivity contribution in [2.45, 2.75) is 113 Å². The van der Waals surface area contributed by atoms with Gasteiger partial charge in [-0.15, -0.1) is 0 Å². The first-order chi connectivity index (χ1) is 13.6. The molecule has 0 heterocycles. The van der Waals surface area contributed by atoms with Crippen LogP contribution in [0.5, 0.6) is 0 Å². The van der Waals surface area contributed by atoms with Gasteiger partial charge >= 0.3 is 0 Å². The van der Waals surface area contributed by atoms with Gasteiger partial charge in [0.2, 0.25) is 0 Å². The highest BCUT2D eigenvalue weighted by molar-refractivity contribution is 5.40. The van der Waals surface area contributed by atoms with Crippen LogP contribution in [0.15, 0.2) is 18.2 Å². The number of rotatable bonds is 0. The number of hydrogen-bond donors (Lipinski definition) is 0. The molecule has 1 aromatic carbocycles. The van der Waals surface area contributed by atoms with Crippen LogP contribution >= 0.6 is 0 Å². The summed E-state index contributed by atoms with van der Waals surface area (Å²) in [7, 11) is 0. The molecule has 3 aliphatic carbocycles. The largest absolute Gasteiger partial charge is 0.0599 e. The lowest BCUT2D eigenvalue weighted by Gasteiger charge is -2.54. The molecule has 0 heteroatoms. The average molecular weight is 409 g/mol. The summed E-state index contributed by atoms with van der Waals surface area (Å²) in [6, 6.07) is 7.54. The molecular weight excluding hydrogens is 360 g/mol. The maximum absolute atomic E-state index is 2.70. The van der Waals surface area contributed by atoms with E-state index in [9.17, 15) is 0 Å². The van der Waals surface area contributed by atoms with E-state index in [1.165, 1.54) is 37.7 Å². The summed E-state index contributed by atoms with van der Waals surface area (Å²) in [5, 5.41) is 0. The molecule has 2 saturated carbocycles. The van der Waals surface area contributed by atoms with Crippen molar-refractivity contribution in [2.75, 3.05) is 0 Å². The molecule has 30 heavy (non-hydrogen) atoms. The molecule has 4 rings (SSSR count). The van der Waals surface area contributed by atoms with Crippen molar-refractivity contribution in [3.05, 3.63) is 34.9 Å². The Morgan fingerprint density at radius 1 is 0.867 bits per heavy atom. The molecule has 0 amide bonds. The summed E-state index contributed by atoms with van der Waals surface area (Å²) in [4.78, 5) is 0. The summed E-state index contributed by atoms with van der Waals surface area (Å²) in [6.45, 7) is 24.9. The number of hydrogen-bond acceptors (Lipinski definition) is 0. The summed E-state index contributed by atoms with van der Waals surface area (Å²) in [5.41, 5.74) is 6.46. The Kier molecular flexibility index (Phi) is 5.12. The van der Waals surface area contributed by atoms with Gasteiger partial charge in [0.25, 0.3) is 0 Å². The van der Waals surface area contributed by atoms with Gasteiger partial charge in [-0.1, -0.05) is 87.4 Å². The Morgan fingerprint density at radius 3 is 2.10 bits per heavy atom. The van der Waals surface area contributed by atoms with Gasteiger partial charge in [0.15, 0.2) is 0 Å². The Morgan fingerprint density at radius 2 is 1.53 bits per heavy atom. The van der Waals surface area contributed by atoms with Crippen LogP contribution in [0.2, 0.25) is 0 Å². The van der Waals surface area contributed by atoms with Gasteiger partial charge < -0.3 is 0 Å². The van der Waals surface area contributed by atoms with E-state index in [0.717, 1.165) is 29.6 Å². The minimum absolute atomic E-state index is 0.252. The normalized spacial score (nSPS) is 36.8. The third-order valence-corrected chi connectivity index (χ3v) is 9.70. The van der Waals surface area contributed by atoms with Gasteiger partial charge in [0.05, 0.1) is 0 Å². The lowest BCUT2D eigenvalue weighted by molar-refractivity contribution is -0.0298. The molecule has 168 valence electrons. The van der Waals surface area contributed by atoms with Crippen LogP contribution in [0.4, 0.5) is 0 Å². The SMILES string of the molecule is CC(C)(C)c1ccc2c(c1)CCC1C2CCC2(C)C1CC(C(C)(C)C)C2C(C)(C)C. The van der Waals surface area contributed by atoms with Gasteiger partial charge in [0.1, 0.15) is 0 Å². The van der Waals surface area contributed by atoms with Crippen molar-refractivity contribution in [1.29, 1.82) is 0 Å². The predicted molar refractivity (Wildman–Crippen MR) is 131 cm³/mol. The standard InChI is InChI=1S/C30H48/c1-27(2,3)20-12-14-21-19(17-20)11-13-23-22(21)15-16-30(10)24(23)18-25(28(4,5)6)26(30)29(7,8)9/h12,14,17,22-26H,11,13,15-16,18H2,1-10H3. The van der Waals surface area contributed by atoms with Crippen LogP contribution in [0.1, 0.15) is 118 Å². The van der Waals surface area contributed by atoms with Crippen molar-refractivity contribution in [1.82, 2.24) is 0 Å². The number of benzene rings is 1. The van der Waals surface area contributed by atoms with Crippen LogP contribution in [-0.4, -0.2) is 0 Å². The first-order valence-corrected chi connectivity index (χ1v) is 12.8. The van der Waals surface area contributed by atoms with Gasteiger partial charge in [-0.05, 0) is 100 Å². The molecule has 0 N–H and O–H groups in total. The van der Waals surface area contributed by atoms with Crippen LogP contribution in [-0.2, 0) is 11.8 Å². The van der Waals surface area contributed by atoms with Crippen molar-refractivity contribution < 1.29 is 0 Å². The van der Waals surface area contributed by atoms with E-state index in [0.29, 0.717) is 16.2 Å². The first kappa shape index (κ1) is 22.4. The van der Waals surface area contributed by atoms with E-state index >= 15 is 0 Å². The van der Waals surface area contributed by atoms with E-state index < -0.39 is 0 Å². The zero-order valence-corrected chi connectivity index (χ0v) is 21.7. The van der Waals surface area contributed by atoms with Crippen molar-refractivity contribution in [2.24, 2.45) is 39.9 Å². The maximum Gasteiger partial charge on any atom is -0.0128 e. The lowest BCUT2D eigenvalue weighted by Crippen LogP contribution is -2.46. The molecule has 0 saturated heterocycles. The van der Waals surface area contributed by atoms with Crippen LogP contribution < -0.4 is 0 Å². The molecule has 0 radical (unpaired) electrons. The van der Waals surface area contributed by atoms with Crippen LogP contribution in [0.3, 0.4) is 0 Å². The van der Waals surface area contributed by atoms with E-state index in [4.69, 9.17) is 0 Å². The fraction of sp³-hybridized carbons (Fsp3) is 0.800.